The first-order chi connectivity index (χ1) is 16.5. The van der Waals surface area contributed by atoms with E-state index in [2.05, 4.69) is 0 Å². The fourth-order valence-corrected chi connectivity index (χ4v) is 3.45. The van der Waals surface area contributed by atoms with Crippen LogP contribution in [0.2, 0.25) is 0 Å². The van der Waals surface area contributed by atoms with E-state index in [0.29, 0.717) is 34.3 Å². The highest BCUT2D eigenvalue weighted by atomic mass is 16.5. The van der Waals surface area contributed by atoms with Gasteiger partial charge in [-0.3, -0.25) is 4.79 Å². The molecule has 174 valence electrons. The molecule has 1 aliphatic rings. The van der Waals surface area contributed by atoms with Gasteiger partial charge in [-0.2, -0.15) is 0 Å². The van der Waals surface area contributed by atoms with Crippen LogP contribution in [0.3, 0.4) is 0 Å². The van der Waals surface area contributed by atoms with Crippen LogP contribution in [0.1, 0.15) is 26.3 Å². The molecule has 0 atom stereocenters. The van der Waals surface area contributed by atoms with Crippen LogP contribution < -0.4 is 28.4 Å². The summed E-state index contributed by atoms with van der Waals surface area (Å²) in [6.07, 6.45) is 1.64. The highest BCUT2D eigenvalue weighted by Gasteiger charge is 2.28. The monoisotopic (exact) mass is 462 g/mol. The van der Waals surface area contributed by atoms with Crippen molar-refractivity contribution in [2.24, 2.45) is 0 Å². The second kappa shape index (κ2) is 9.58. The number of ether oxygens (including phenoxy) is 6. The molecular weight excluding hydrogens is 440 g/mol. The minimum absolute atomic E-state index is 0.174. The van der Waals surface area contributed by atoms with Gasteiger partial charge in [0, 0.05) is 6.07 Å². The van der Waals surface area contributed by atoms with Gasteiger partial charge in [0.15, 0.2) is 17.3 Å². The highest BCUT2D eigenvalue weighted by molar-refractivity contribution is 6.14. The molecule has 1 heterocycles. The van der Waals surface area contributed by atoms with E-state index in [1.807, 2.05) is 12.1 Å². The second-order valence-corrected chi connectivity index (χ2v) is 7.17. The molecule has 0 N–H and O–H groups in total. The predicted molar refractivity (Wildman–Crippen MR) is 123 cm³/mol. The van der Waals surface area contributed by atoms with Crippen LogP contribution in [0.4, 0.5) is 0 Å². The quantitative estimate of drug-likeness (QED) is 0.287. The van der Waals surface area contributed by atoms with Gasteiger partial charge in [0.25, 0.3) is 0 Å². The van der Waals surface area contributed by atoms with Gasteiger partial charge in [0.05, 0.1) is 39.6 Å². The van der Waals surface area contributed by atoms with Gasteiger partial charge in [-0.1, -0.05) is 12.1 Å². The molecule has 0 fully saturated rings. The fourth-order valence-electron chi connectivity index (χ4n) is 3.45. The molecule has 0 radical (unpaired) electrons. The zero-order chi connectivity index (χ0) is 24.2. The number of carbonyl (C=O) groups is 2. The summed E-state index contributed by atoms with van der Waals surface area (Å²) in [6, 6.07) is 14.8. The van der Waals surface area contributed by atoms with Crippen molar-refractivity contribution >= 4 is 17.8 Å². The minimum atomic E-state index is -0.641. The molecule has 34 heavy (non-hydrogen) atoms. The molecule has 0 saturated carbocycles. The van der Waals surface area contributed by atoms with Gasteiger partial charge < -0.3 is 28.4 Å². The first kappa shape index (κ1) is 22.7. The van der Waals surface area contributed by atoms with Crippen LogP contribution in [0.15, 0.2) is 60.4 Å². The number of hydrogen-bond acceptors (Lipinski definition) is 8. The lowest BCUT2D eigenvalue weighted by Crippen LogP contribution is -2.09. The van der Waals surface area contributed by atoms with E-state index in [-0.39, 0.29) is 22.9 Å². The molecule has 0 bridgehead atoms. The normalized spacial score (nSPS) is 13.2. The Labute approximate surface area is 196 Å². The molecule has 0 saturated heterocycles. The van der Waals surface area contributed by atoms with Crippen molar-refractivity contribution in [1.29, 1.82) is 0 Å². The number of methoxy groups -OCH3 is 4. The van der Waals surface area contributed by atoms with E-state index in [4.69, 9.17) is 28.4 Å². The molecule has 8 heteroatoms. The molecule has 0 unspecified atom stereocenters. The third kappa shape index (κ3) is 4.38. The van der Waals surface area contributed by atoms with Crippen molar-refractivity contribution in [2.45, 2.75) is 0 Å². The number of allylic oxidation sites excluding steroid dienone is 1. The molecule has 8 nitrogen and oxygen atoms in total. The Morgan fingerprint density at radius 1 is 0.794 bits per heavy atom. The zero-order valence-corrected chi connectivity index (χ0v) is 19.0. The lowest BCUT2D eigenvalue weighted by Gasteiger charge is -2.13. The van der Waals surface area contributed by atoms with Crippen LogP contribution >= 0.6 is 0 Å². The number of Topliss-reactive ketones (excluding diaryl/α,β-unsaturated/α-hetero) is 1. The summed E-state index contributed by atoms with van der Waals surface area (Å²) in [4.78, 5) is 25.5. The third-order valence-electron chi connectivity index (χ3n) is 5.17. The second-order valence-electron chi connectivity index (χ2n) is 7.17. The van der Waals surface area contributed by atoms with Gasteiger partial charge in [0.2, 0.25) is 11.5 Å². The first-order valence-corrected chi connectivity index (χ1v) is 10.2. The smallest absolute Gasteiger partial charge is 0.343 e. The summed E-state index contributed by atoms with van der Waals surface area (Å²) in [5.74, 6) is 1.52. The molecule has 1 aliphatic heterocycles. The van der Waals surface area contributed by atoms with Gasteiger partial charge in [-0.15, -0.1) is 0 Å². The number of esters is 1. The summed E-state index contributed by atoms with van der Waals surface area (Å²) in [5.41, 5.74) is 1.37. The van der Waals surface area contributed by atoms with Crippen molar-refractivity contribution in [2.75, 3.05) is 28.4 Å². The van der Waals surface area contributed by atoms with Crippen molar-refractivity contribution in [3.05, 3.63) is 77.0 Å². The average molecular weight is 462 g/mol. The minimum Gasteiger partial charge on any atom is -0.497 e. The average Bonchev–Trinajstić information content (AvgIpc) is 3.17. The SMILES string of the molecule is COc1ccc(C=C2Oc3cc(OC(=O)c4cc(OC)c(OC)c(OC)c4)ccc3C2=O)cc1. The van der Waals surface area contributed by atoms with Crippen molar-refractivity contribution in [1.82, 2.24) is 0 Å². The summed E-state index contributed by atoms with van der Waals surface area (Å²) in [5, 5.41) is 0. The number of benzene rings is 3. The van der Waals surface area contributed by atoms with Crippen LogP contribution in [0, 0.1) is 0 Å². The maximum absolute atomic E-state index is 12.8. The lowest BCUT2D eigenvalue weighted by atomic mass is 10.1. The van der Waals surface area contributed by atoms with E-state index >= 15 is 0 Å². The summed E-state index contributed by atoms with van der Waals surface area (Å²) in [6.45, 7) is 0. The maximum atomic E-state index is 12.8. The first-order valence-electron chi connectivity index (χ1n) is 10.2. The van der Waals surface area contributed by atoms with Gasteiger partial charge in [0.1, 0.15) is 17.2 Å². The number of rotatable bonds is 7. The number of ketones is 1. The Hall–Kier alpha value is -4.46. The van der Waals surface area contributed by atoms with Crippen molar-refractivity contribution in [3.8, 4) is 34.5 Å². The number of fused-ring (bicyclic) bond motifs is 1. The molecule has 0 aromatic heterocycles. The van der Waals surface area contributed by atoms with Crippen molar-refractivity contribution < 1.29 is 38.0 Å². The Balaban J connectivity index is 1.55. The molecule has 0 aliphatic carbocycles. The zero-order valence-electron chi connectivity index (χ0n) is 19.0. The number of carbonyl (C=O) groups excluding carboxylic acids is 2. The van der Waals surface area contributed by atoms with E-state index in [1.165, 1.54) is 45.6 Å². The standard InChI is InChI=1S/C26H22O8/c1-29-17-7-5-15(6-8-17)11-21-24(27)19-10-9-18(14-20(19)34-21)33-26(28)16-12-22(30-2)25(32-4)23(13-16)31-3/h5-14H,1-4H3. The molecule has 3 aromatic carbocycles. The third-order valence-corrected chi connectivity index (χ3v) is 5.17. The lowest BCUT2D eigenvalue weighted by molar-refractivity contribution is 0.0733. The largest absolute Gasteiger partial charge is 0.497 e. The number of hydrogen-bond donors (Lipinski definition) is 0. The molecule has 0 amide bonds. The predicted octanol–water partition coefficient (Wildman–Crippen LogP) is 4.56. The van der Waals surface area contributed by atoms with E-state index < -0.39 is 5.97 Å². The van der Waals surface area contributed by atoms with Crippen LogP contribution in [-0.4, -0.2) is 40.2 Å². The van der Waals surface area contributed by atoms with Crippen LogP contribution in [0.25, 0.3) is 6.08 Å². The van der Waals surface area contributed by atoms with Crippen LogP contribution in [-0.2, 0) is 0 Å². The summed E-state index contributed by atoms with van der Waals surface area (Å²) in [7, 11) is 5.97. The summed E-state index contributed by atoms with van der Waals surface area (Å²) >= 11 is 0. The van der Waals surface area contributed by atoms with E-state index in [0.717, 1.165) is 5.56 Å². The van der Waals surface area contributed by atoms with Gasteiger partial charge in [-0.05, 0) is 48.0 Å². The fraction of sp³-hybridized carbons (Fsp3) is 0.154. The highest BCUT2D eigenvalue weighted by Crippen LogP contribution is 2.39. The Bertz CT molecular complexity index is 1250. The molecule has 3 aromatic rings. The summed E-state index contributed by atoms with van der Waals surface area (Å²) < 4.78 is 32.2. The van der Waals surface area contributed by atoms with E-state index in [9.17, 15) is 9.59 Å². The van der Waals surface area contributed by atoms with Gasteiger partial charge >= 0.3 is 5.97 Å². The topological polar surface area (TPSA) is 89.5 Å². The van der Waals surface area contributed by atoms with Crippen LogP contribution in [0.5, 0.6) is 34.5 Å². The van der Waals surface area contributed by atoms with Gasteiger partial charge in [-0.25, -0.2) is 4.79 Å². The molecule has 0 spiro atoms. The van der Waals surface area contributed by atoms with Crippen molar-refractivity contribution in [3.63, 3.8) is 0 Å². The maximum Gasteiger partial charge on any atom is 0.343 e. The Morgan fingerprint density at radius 3 is 2.03 bits per heavy atom. The molecular formula is C26H22O8. The Morgan fingerprint density at radius 2 is 1.44 bits per heavy atom. The molecule has 4 rings (SSSR count). The van der Waals surface area contributed by atoms with E-state index in [1.54, 1.807) is 31.4 Å². The Kier molecular flexibility index (Phi) is 6.40.